The van der Waals surface area contributed by atoms with Gasteiger partial charge in [0.15, 0.2) is 0 Å². The van der Waals surface area contributed by atoms with E-state index in [1.807, 2.05) is 24.3 Å². The molecule has 0 bridgehead atoms. The first-order chi connectivity index (χ1) is 6.15. The second kappa shape index (κ2) is 2.61. The summed E-state index contributed by atoms with van der Waals surface area (Å²) < 4.78 is 5.54. The van der Waals surface area contributed by atoms with Gasteiger partial charge in [-0.2, -0.15) is 0 Å². The Balaban J connectivity index is 2.38. The molecule has 1 saturated heterocycles. The first-order valence-corrected chi connectivity index (χ1v) is 4.38. The standard InChI is InChI=1S/C12H12O/c1-4-9-7-5-6-8-10(9)11-12(2,3)13-11/h1,5-8,11H,2-3H3. The van der Waals surface area contributed by atoms with Crippen LogP contribution in [0.5, 0.6) is 0 Å². The summed E-state index contributed by atoms with van der Waals surface area (Å²) in [7, 11) is 0. The monoisotopic (exact) mass is 172 g/mol. The lowest BCUT2D eigenvalue weighted by Crippen LogP contribution is -1.99. The van der Waals surface area contributed by atoms with E-state index in [1.165, 1.54) is 0 Å². The van der Waals surface area contributed by atoms with Gasteiger partial charge in [0.05, 0.1) is 5.60 Å². The molecule has 1 aromatic carbocycles. The summed E-state index contributed by atoms with van der Waals surface area (Å²) in [5, 5.41) is 0. The maximum atomic E-state index is 5.54. The summed E-state index contributed by atoms with van der Waals surface area (Å²) in [5.74, 6) is 2.67. The number of hydrogen-bond donors (Lipinski definition) is 0. The van der Waals surface area contributed by atoms with E-state index in [1.54, 1.807) is 0 Å². The molecule has 1 atom stereocenters. The molecule has 0 saturated carbocycles. The molecule has 1 heteroatoms. The van der Waals surface area contributed by atoms with Crippen LogP contribution >= 0.6 is 0 Å². The van der Waals surface area contributed by atoms with Gasteiger partial charge >= 0.3 is 0 Å². The summed E-state index contributed by atoms with van der Waals surface area (Å²) in [4.78, 5) is 0. The van der Waals surface area contributed by atoms with Crippen molar-refractivity contribution in [3.05, 3.63) is 35.4 Å². The van der Waals surface area contributed by atoms with Gasteiger partial charge in [-0.05, 0) is 25.5 Å². The highest BCUT2D eigenvalue weighted by molar-refractivity contribution is 5.43. The van der Waals surface area contributed by atoms with Gasteiger partial charge in [0.2, 0.25) is 0 Å². The van der Waals surface area contributed by atoms with Gasteiger partial charge in [-0.25, -0.2) is 0 Å². The Labute approximate surface area is 78.7 Å². The number of rotatable bonds is 1. The molecule has 1 aliphatic rings. The fraction of sp³-hybridized carbons (Fsp3) is 0.333. The second-order valence-electron chi connectivity index (χ2n) is 3.83. The predicted molar refractivity (Wildman–Crippen MR) is 52.3 cm³/mol. The van der Waals surface area contributed by atoms with Crippen LogP contribution in [0.2, 0.25) is 0 Å². The van der Waals surface area contributed by atoms with Crippen molar-refractivity contribution in [1.29, 1.82) is 0 Å². The van der Waals surface area contributed by atoms with Crippen LogP contribution in [0, 0.1) is 12.3 Å². The Hall–Kier alpha value is -1.26. The van der Waals surface area contributed by atoms with Gasteiger partial charge in [-0.3, -0.25) is 0 Å². The van der Waals surface area contributed by atoms with Crippen molar-refractivity contribution in [1.82, 2.24) is 0 Å². The van der Waals surface area contributed by atoms with E-state index in [2.05, 4.69) is 19.8 Å². The van der Waals surface area contributed by atoms with Crippen molar-refractivity contribution in [2.75, 3.05) is 0 Å². The molecule has 0 amide bonds. The Morgan fingerprint density at radius 3 is 2.54 bits per heavy atom. The van der Waals surface area contributed by atoms with Crippen molar-refractivity contribution in [2.24, 2.45) is 0 Å². The zero-order chi connectivity index (χ0) is 9.47. The maximum absolute atomic E-state index is 5.54. The maximum Gasteiger partial charge on any atom is 0.113 e. The molecular weight excluding hydrogens is 160 g/mol. The van der Waals surface area contributed by atoms with Crippen LogP contribution in [-0.2, 0) is 4.74 Å². The van der Waals surface area contributed by atoms with Crippen molar-refractivity contribution in [3.63, 3.8) is 0 Å². The highest BCUT2D eigenvalue weighted by Gasteiger charge is 2.49. The smallest absolute Gasteiger partial charge is 0.113 e. The fourth-order valence-corrected chi connectivity index (χ4v) is 1.56. The Bertz CT molecular complexity index is 371. The number of terminal acetylenes is 1. The molecule has 1 nitrogen and oxygen atoms in total. The highest BCUT2D eigenvalue weighted by Crippen LogP contribution is 2.49. The average Bonchev–Trinajstić information content (AvgIpc) is 2.75. The second-order valence-corrected chi connectivity index (χ2v) is 3.83. The molecule has 0 aromatic heterocycles. The van der Waals surface area contributed by atoms with Crippen LogP contribution in [0.1, 0.15) is 31.1 Å². The quantitative estimate of drug-likeness (QED) is 0.468. The number of benzene rings is 1. The van der Waals surface area contributed by atoms with Gasteiger partial charge in [-0.15, -0.1) is 6.42 Å². The van der Waals surface area contributed by atoms with Crippen LogP contribution in [0.4, 0.5) is 0 Å². The fourth-order valence-electron chi connectivity index (χ4n) is 1.56. The molecule has 1 heterocycles. The van der Waals surface area contributed by atoms with E-state index in [0.717, 1.165) is 11.1 Å². The van der Waals surface area contributed by atoms with Gasteiger partial charge in [0.25, 0.3) is 0 Å². The van der Waals surface area contributed by atoms with Gasteiger partial charge < -0.3 is 4.74 Å². The van der Waals surface area contributed by atoms with Crippen LogP contribution in [0.3, 0.4) is 0 Å². The number of epoxide rings is 1. The van der Waals surface area contributed by atoms with E-state index in [9.17, 15) is 0 Å². The average molecular weight is 172 g/mol. The van der Waals surface area contributed by atoms with E-state index < -0.39 is 0 Å². The van der Waals surface area contributed by atoms with Crippen molar-refractivity contribution in [3.8, 4) is 12.3 Å². The van der Waals surface area contributed by atoms with Crippen LogP contribution < -0.4 is 0 Å². The molecule has 0 spiro atoms. The Morgan fingerprint density at radius 2 is 2.00 bits per heavy atom. The molecule has 13 heavy (non-hydrogen) atoms. The minimum atomic E-state index is -0.0348. The number of ether oxygens (including phenoxy) is 1. The van der Waals surface area contributed by atoms with Crippen molar-refractivity contribution >= 4 is 0 Å². The van der Waals surface area contributed by atoms with Crippen molar-refractivity contribution < 1.29 is 4.74 Å². The summed E-state index contributed by atoms with van der Waals surface area (Å²) >= 11 is 0. The molecule has 0 N–H and O–H groups in total. The minimum Gasteiger partial charge on any atom is -0.362 e. The summed E-state index contributed by atoms with van der Waals surface area (Å²) in [5.41, 5.74) is 2.04. The van der Waals surface area contributed by atoms with Crippen LogP contribution in [0.15, 0.2) is 24.3 Å². The van der Waals surface area contributed by atoms with E-state index in [4.69, 9.17) is 11.2 Å². The Morgan fingerprint density at radius 1 is 1.38 bits per heavy atom. The molecule has 0 aliphatic carbocycles. The van der Waals surface area contributed by atoms with Crippen LogP contribution in [-0.4, -0.2) is 5.60 Å². The molecule has 1 aromatic rings. The third kappa shape index (κ3) is 1.34. The zero-order valence-electron chi connectivity index (χ0n) is 7.87. The van der Waals surface area contributed by atoms with E-state index in [0.29, 0.717) is 0 Å². The van der Waals surface area contributed by atoms with Crippen molar-refractivity contribution in [2.45, 2.75) is 25.6 Å². The van der Waals surface area contributed by atoms with Gasteiger partial charge in [-0.1, -0.05) is 24.1 Å². The molecule has 1 aliphatic heterocycles. The molecule has 66 valence electrons. The lowest BCUT2D eigenvalue weighted by molar-refractivity contribution is 0.325. The Kier molecular flexibility index (Phi) is 1.68. The first-order valence-electron chi connectivity index (χ1n) is 4.38. The largest absolute Gasteiger partial charge is 0.362 e. The number of hydrogen-bond acceptors (Lipinski definition) is 1. The van der Waals surface area contributed by atoms with E-state index >= 15 is 0 Å². The SMILES string of the molecule is C#Cc1ccccc1C1OC1(C)C. The molecule has 2 rings (SSSR count). The summed E-state index contributed by atoms with van der Waals surface area (Å²) in [6, 6.07) is 7.93. The molecule has 1 unspecified atom stereocenters. The lowest BCUT2D eigenvalue weighted by Gasteiger charge is -2.01. The molecular formula is C12H12O. The predicted octanol–water partition coefficient (Wildman–Crippen LogP) is 2.52. The highest BCUT2D eigenvalue weighted by atomic mass is 16.6. The normalized spacial score (nSPS) is 23.6. The zero-order valence-corrected chi connectivity index (χ0v) is 7.87. The summed E-state index contributed by atoms with van der Waals surface area (Å²) in [6.07, 6.45) is 5.58. The summed E-state index contributed by atoms with van der Waals surface area (Å²) in [6.45, 7) is 4.15. The van der Waals surface area contributed by atoms with Gasteiger partial charge in [0.1, 0.15) is 6.10 Å². The van der Waals surface area contributed by atoms with E-state index in [-0.39, 0.29) is 11.7 Å². The van der Waals surface area contributed by atoms with Crippen LogP contribution in [0.25, 0.3) is 0 Å². The first kappa shape index (κ1) is 8.34. The molecule has 1 fully saturated rings. The third-order valence-electron chi connectivity index (χ3n) is 2.39. The van der Waals surface area contributed by atoms with Gasteiger partial charge in [0, 0.05) is 5.56 Å². The molecule has 0 radical (unpaired) electrons. The third-order valence-corrected chi connectivity index (χ3v) is 2.39. The minimum absolute atomic E-state index is 0.0348. The lowest BCUT2D eigenvalue weighted by atomic mass is 9.98. The topological polar surface area (TPSA) is 12.5 Å².